The van der Waals surface area contributed by atoms with E-state index in [2.05, 4.69) is 0 Å². The SMILES string of the molecule is O=C(CCCCCCl)Oc1ccccc1CS(=O)(=O)c1ccccc1. The number of para-hydroxylation sites is 1. The summed E-state index contributed by atoms with van der Waals surface area (Å²) < 4.78 is 30.4. The highest BCUT2D eigenvalue weighted by Gasteiger charge is 2.18. The molecule has 0 fully saturated rings. The van der Waals surface area contributed by atoms with Gasteiger partial charge in [0.15, 0.2) is 9.84 Å². The zero-order chi connectivity index (χ0) is 18.1. The van der Waals surface area contributed by atoms with Crippen LogP contribution in [0.25, 0.3) is 0 Å². The first kappa shape index (κ1) is 19.5. The highest BCUT2D eigenvalue weighted by Crippen LogP contribution is 2.24. The second-order valence-corrected chi connectivity index (χ2v) is 8.02. The largest absolute Gasteiger partial charge is 0.426 e. The molecule has 0 atom stereocenters. The molecule has 2 aromatic rings. The van der Waals surface area contributed by atoms with Gasteiger partial charge in [0.25, 0.3) is 0 Å². The molecule has 0 saturated carbocycles. The number of ether oxygens (including phenoxy) is 1. The molecule has 0 aromatic heterocycles. The number of unbranched alkanes of at least 4 members (excludes halogenated alkanes) is 2. The van der Waals surface area contributed by atoms with Crippen molar-refractivity contribution < 1.29 is 17.9 Å². The summed E-state index contributed by atoms with van der Waals surface area (Å²) in [7, 11) is -3.50. The Morgan fingerprint density at radius 2 is 1.60 bits per heavy atom. The van der Waals surface area contributed by atoms with E-state index < -0.39 is 9.84 Å². The summed E-state index contributed by atoms with van der Waals surface area (Å²) in [4.78, 5) is 12.2. The van der Waals surface area contributed by atoms with Gasteiger partial charge in [-0.1, -0.05) is 42.8 Å². The van der Waals surface area contributed by atoms with Crippen LogP contribution >= 0.6 is 11.6 Å². The summed E-state index contributed by atoms with van der Waals surface area (Å²) in [5.41, 5.74) is 0.473. The molecule has 0 spiro atoms. The Kier molecular flexibility index (Phi) is 7.47. The number of sulfone groups is 1. The molecule has 0 saturated heterocycles. The van der Waals surface area contributed by atoms with E-state index in [9.17, 15) is 13.2 Å². The van der Waals surface area contributed by atoms with Gasteiger partial charge in [0.1, 0.15) is 5.75 Å². The monoisotopic (exact) mass is 380 g/mol. The van der Waals surface area contributed by atoms with E-state index in [1.165, 1.54) is 0 Å². The lowest BCUT2D eigenvalue weighted by Crippen LogP contribution is -2.11. The highest BCUT2D eigenvalue weighted by atomic mass is 35.5. The maximum atomic E-state index is 12.5. The Morgan fingerprint density at radius 1 is 0.920 bits per heavy atom. The Bertz CT molecular complexity index is 788. The van der Waals surface area contributed by atoms with Crippen molar-refractivity contribution in [1.29, 1.82) is 0 Å². The summed E-state index contributed by atoms with van der Waals surface area (Å²) in [5, 5.41) is 0. The third-order valence-electron chi connectivity index (χ3n) is 3.66. The van der Waals surface area contributed by atoms with E-state index in [4.69, 9.17) is 16.3 Å². The number of carbonyl (C=O) groups excluding carboxylic acids is 1. The highest BCUT2D eigenvalue weighted by molar-refractivity contribution is 7.90. The fraction of sp³-hybridized carbons (Fsp3) is 0.316. The van der Waals surface area contributed by atoms with Crippen LogP contribution < -0.4 is 4.74 Å². The summed E-state index contributed by atoms with van der Waals surface area (Å²) in [6, 6.07) is 15.0. The zero-order valence-corrected chi connectivity index (χ0v) is 15.4. The third kappa shape index (κ3) is 6.18. The van der Waals surface area contributed by atoms with Gasteiger partial charge in [0.2, 0.25) is 0 Å². The average molecular weight is 381 g/mol. The van der Waals surface area contributed by atoms with Crippen molar-refractivity contribution in [2.75, 3.05) is 5.88 Å². The number of carbonyl (C=O) groups is 1. The van der Waals surface area contributed by atoms with Crippen LogP contribution in [0, 0.1) is 0 Å². The van der Waals surface area contributed by atoms with Crippen LogP contribution in [-0.4, -0.2) is 20.3 Å². The molecule has 0 N–H and O–H groups in total. The number of alkyl halides is 1. The Morgan fingerprint density at radius 3 is 2.32 bits per heavy atom. The van der Waals surface area contributed by atoms with Gasteiger partial charge in [-0.05, 0) is 31.0 Å². The molecule has 0 heterocycles. The van der Waals surface area contributed by atoms with Crippen LogP contribution in [0.15, 0.2) is 59.5 Å². The first-order valence-corrected chi connectivity index (χ1v) is 10.3. The van der Waals surface area contributed by atoms with Crippen LogP contribution in [0.4, 0.5) is 0 Å². The molecular weight excluding hydrogens is 360 g/mol. The molecule has 2 aromatic carbocycles. The summed E-state index contributed by atoms with van der Waals surface area (Å²) >= 11 is 5.61. The van der Waals surface area contributed by atoms with Crippen LogP contribution in [0.3, 0.4) is 0 Å². The third-order valence-corrected chi connectivity index (χ3v) is 5.61. The van der Waals surface area contributed by atoms with Gasteiger partial charge in [0, 0.05) is 17.9 Å². The Hall–Kier alpha value is -1.85. The predicted octanol–water partition coefficient (Wildman–Crippen LogP) is 4.37. The molecule has 0 aliphatic carbocycles. The fourth-order valence-corrected chi connectivity index (χ4v) is 3.93. The van der Waals surface area contributed by atoms with E-state index in [1.54, 1.807) is 54.6 Å². The van der Waals surface area contributed by atoms with Gasteiger partial charge in [-0.15, -0.1) is 11.6 Å². The number of hydrogen-bond donors (Lipinski definition) is 0. The smallest absolute Gasteiger partial charge is 0.311 e. The molecule has 0 amide bonds. The van der Waals surface area contributed by atoms with Gasteiger partial charge >= 0.3 is 5.97 Å². The van der Waals surface area contributed by atoms with Gasteiger partial charge in [-0.2, -0.15) is 0 Å². The molecule has 0 radical (unpaired) electrons. The van der Waals surface area contributed by atoms with Crippen LogP contribution in [0.5, 0.6) is 5.75 Å². The van der Waals surface area contributed by atoms with Crippen molar-refractivity contribution in [1.82, 2.24) is 0 Å². The van der Waals surface area contributed by atoms with Crippen molar-refractivity contribution >= 4 is 27.4 Å². The standard InChI is InChI=1S/C19H21ClO4S/c20-14-8-2-5-13-19(21)24-18-12-7-6-9-16(18)15-25(22,23)17-10-3-1-4-11-17/h1,3-4,6-7,9-12H,2,5,8,13-15H2. The van der Waals surface area contributed by atoms with Crippen molar-refractivity contribution in [2.45, 2.75) is 36.3 Å². The molecule has 0 aliphatic rings. The second kappa shape index (κ2) is 9.59. The Labute approximate surface area is 153 Å². The fourth-order valence-electron chi connectivity index (χ4n) is 2.35. The molecule has 2 rings (SSSR count). The van der Waals surface area contributed by atoms with Crippen LogP contribution in [0.2, 0.25) is 0 Å². The zero-order valence-electron chi connectivity index (χ0n) is 13.9. The molecule has 0 unspecified atom stereocenters. The van der Waals surface area contributed by atoms with E-state index in [-0.39, 0.29) is 23.0 Å². The van der Waals surface area contributed by atoms with E-state index in [1.807, 2.05) is 0 Å². The quantitative estimate of drug-likeness (QED) is 0.280. The summed E-state index contributed by atoms with van der Waals surface area (Å²) in [6.07, 6.45) is 2.72. The number of halogens is 1. The van der Waals surface area contributed by atoms with E-state index in [0.29, 0.717) is 23.6 Å². The van der Waals surface area contributed by atoms with Gasteiger partial charge < -0.3 is 4.74 Å². The molecule has 0 aliphatic heterocycles. The van der Waals surface area contributed by atoms with Gasteiger partial charge in [-0.25, -0.2) is 8.42 Å². The van der Waals surface area contributed by atoms with E-state index >= 15 is 0 Å². The van der Waals surface area contributed by atoms with Crippen molar-refractivity contribution in [3.8, 4) is 5.75 Å². The number of rotatable bonds is 9. The maximum absolute atomic E-state index is 12.5. The second-order valence-electron chi connectivity index (χ2n) is 5.65. The lowest BCUT2D eigenvalue weighted by Gasteiger charge is -2.11. The lowest BCUT2D eigenvalue weighted by atomic mass is 10.2. The number of benzene rings is 2. The molecule has 25 heavy (non-hydrogen) atoms. The molecule has 6 heteroatoms. The van der Waals surface area contributed by atoms with Crippen molar-refractivity contribution in [3.63, 3.8) is 0 Å². The molecule has 0 bridgehead atoms. The topological polar surface area (TPSA) is 60.4 Å². The molecule has 134 valence electrons. The van der Waals surface area contributed by atoms with Crippen molar-refractivity contribution in [3.05, 3.63) is 60.2 Å². The minimum atomic E-state index is -3.50. The minimum Gasteiger partial charge on any atom is -0.426 e. The summed E-state index contributed by atoms with van der Waals surface area (Å²) in [6.45, 7) is 0. The first-order valence-electron chi connectivity index (χ1n) is 8.15. The van der Waals surface area contributed by atoms with Crippen LogP contribution in [-0.2, 0) is 20.4 Å². The van der Waals surface area contributed by atoms with Crippen molar-refractivity contribution in [2.24, 2.45) is 0 Å². The maximum Gasteiger partial charge on any atom is 0.311 e. The number of hydrogen-bond acceptors (Lipinski definition) is 4. The lowest BCUT2D eigenvalue weighted by molar-refractivity contribution is -0.134. The average Bonchev–Trinajstić information content (AvgIpc) is 2.61. The van der Waals surface area contributed by atoms with E-state index in [0.717, 1.165) is 12.8 Å². The van der Waals surface area contributed by atoms with Crippen LogP contribution in [0.1, 0.15) is 31.2 Å². The number of esters is 1. The Balaban J connectivity index is 2.07. The molecule has 4 nitrogen and oxygen atoms in total. The summed E-state index contributed by atoms with van der Waals surface area (Å²) in [5.74, 6) is 0.297. The minimum absolute atomic E-state index is 0.216. The van der Waals surface area contributed by atoms with Gasteiger partial charge in [-0.3, -0.25) is 4.79 Å². The normalized spacial score (nSPS) is 11.2. The predicted molar refractivity (Wildman–Crippen MR) is 98.6 cm³/mol. The first-order chi connectivity index (χ1) is 12.0. The molecular formula is C19H21ClO4S. The van der Waals surface area contributed by atoms with Gasteiger partial charge in [0.05, 0.1) is 10.6 Å².